The van der Waals surface area contributed by atoms with Crippen LogP contribution in [0.3, 0.4) is 0 Å². The van der Waals surface area contributed by atoms with Crippen molar-refractivity contribution in [2.75, 3.05) is 20.2 Å². The molecule has 1 aromatic heterocycles. The minimum absolute atomic E-state index is 0. The smallest absolute Gasteiger partial charge is 0.135 e. The van der Waals surface area contributed by atoms with Crippen LogP contribution in [-0.4, -0.2) is 36.2 Å². The van der Waals surface area contributed by atoms with E-state index in [0.29, 0.717) is 6.54 Å². The van der Waals surface area contributed by atoms with E-state index in [1.807, 2.05) is 18.3 Å². The Labute approximate surface area is 131 Å². The Kier molecular flexibility index (Phi) is 4.88. The van der Waals surface area contributed by atoms with Crippen molar-refractivity contribution in [3.8, 4) is 5.75 Å². The molecule has 0 unspecified atom stereocenters. The summed E-state index contributed by atoms with van der Waals surface area (Å²) in [7, 11) is 1.62. The van der Waals surface area contributed by atoms with Gasteiger partial charge >= 0.3 is 0 Å². The van der Waals surface area contributed by atoms with Crippen LogP contribution in [0.1, 0.15) is 12.5 Å². The minimum atomic E-state index is -0.895. The van der Waals surface area contributed by atoms with Gasteiger partial charge in [-0.15, -0.1) is 12.4 Å². The van der Waals surface area contributed by atoms with Gasteiger partial charge in [-0.25, -0.2) is 4.39 Å². The first kappa shape index (κ1) is 15.5. The lowest BCUT2D eigenvalue weighted by Crippen LogP contribution is -2.39. The summed E-state index contributed by atoms with van der Waals surface area (Å²) >= 11 is 3.45. The summed E-state index contributed by atoms with van der Waals surface area (Å²) in [5.74, 6) is 0.736. The first-order valence-electron chi connectivity index (χ1n) is 6.26. The number of halogens is 3. The molecule has 0 radical (unpaired) electrons. The fraction of sp³-hybridized carbons (Fsp3) is 0.462. The van der Waals surface area contributed by atoms with E-state index in [4.69, 9.17) is 4.74 Å². The zero-order valence-corrected chi connectivity index (χ0v) is 13.4. The summed E-state index contributed by atoms with van der Waals surface area (Å²) in [4.78, 5) is 0. The van der Waals surface area contributed by atoms with Gasteiger partial charge in [0, 0.05) is 24.2 Å². The van der Waals surface area contributed by atoms with Gasteiger partial charge in [0.25, 0.3) is 0 Å². The van der Waals surface area contributed by atoms with Gasteiger partial charge in [-0.05, 0) is 35.0 Å². The number of aromatic nitrogens is 2. The lowest BCUT2D eigenvalue weighted by Gasteiger charge is -2.26. The van der Waals surface area contributed by atoms with Crippen LogP contribution in [0.2, 0.25) is 0 Å². The Morgan fingerprint density at radius 3 is 3.00 bits per heavy atom. The summed E-state index contributed by atoms with van der Waals surface area (Å²) in [6.45, 7) is 1.22. The maximum atomic E-state index is 13.9. The van der Waals surface area contributed by atoms with Crippen molar-refractivity contribution >= 4 is 39.2 Å². The molecule has 7 heteroatoms. The van der Waals surface area contributed by atoms with Crippen molar-refractivity contribution in [3.05, 3.63) is 22.8 Å². The van der Waals surface area contributed by atoms with Crippen molar-refractivity contribution in [1.82, 2.24) is 15.1 Å². The maximum Gasteiger partial charge on any atom is 0.135 e. The number of fused-ring (bicyclic) bond motifs is 1. The molecule has 2 aromatic rings. The van der Waals surface area contributed by atoms with Gasteiger partial charge in [-0.1, -0.05) is 0 Å². The minimum Gasteiger partial charge on any atom is -0.495 e. The zero-order chi connectivity index (χ0) is 13.4. The highest BCUT2D eigenvalue weighted by Gasteiger charge is 2.27. The molecule has 1 fully saturated rings. The Balaban J connectivity index is 0.00000147. The third-order valence-corrected chi connectivity index (χ3v) is 4.13. The molecule has 3 rings (SSSR count). The Morgan fingerprint density at radius 2 is 2.30 bits per heavy atom. The van der Waals surface area contributed by atoms with Gasteiger partial charge < -0.3 is 10.1 Å². The standard InChI is InChI=1S/C13H15BrFN3O.ClH/c1-19-13-5-11-8(4-9(13)14)7-18(17-11)12-2-3-16-6-10(12)15;/h4-5,7,10,12,16H,2-3,6H2,1H3;1H/t10-,12-;/m0./s1. The fourth-order valence-corrected chi connectivity index (χ4v) is 3.00. The molecule has 1 aliphatic rings. The number of nitrogens with zero attached hydrogens (tertiary/aromatic N) is 2. The van der Waals surface area contributed by atoms with E-state index in [2.05, 4.69) is 26.3 Å². The molecule has 0 bridgehead atoms. The number of hydrogen-bond donors (Lipinski definition) is 1. The van der Waals surface area contributed by atoms with E-state index in [0.717, 1.165) is 34.1 Å². The monoisotopic (exact) mass is 363 g/mol. The second-order valence-electron chi connectivity index (χ2n) is 4.73. The molecule has 4 nitrogen and oxygen atoms in total. The third kappa shape index (κ3) is 2.77. The molecule has 2 atom stereocenters. The van der Waals surface area contributed by atoms with Crippen molar-refractivity contribution in [1.29, 1.82) is 0 Å². The first-order chi connectivity index (χ1) is 9.19. The van der Waals surface area contributed by atoms with Crippen LogP contribution in [0.4, 0.5) is 4.39 Å². The van der Waals surface area contributed by atoms with Crippen molar-refractivity contribution in [3.63, 3.8) is 0 Å². The van der Waals surface area contributed by atoms with Gasteiger partial charge in [0.15, 0.2) is 0 Å². The fourth-order valence-electron chi connectivity index (χ4n) is 2.47. The Bertz CT molecular complexity index is 607. The van der Waals surface area contributed by atoms with E-state index < -0.39 is 6.17 Å². The molecule has 20 heavy (non-hydrogen) atoms. The average molecular weight is 365 g/mol. The number of rotatable bonds is 2. The topological polar surface area (TPSA) is 39.1 Å². The molecule has 1 N–H and O–H groups in total. The van der Waals surface area contributed by atoms with Crippen LogP contribution in [-0.2, 0) is 0 Å². The zero-order valence-electron chi connectivity index (χ0n) is 11.0. The molecule has 2 heterocycles. The summed E-state index contributed by atoms with van der Waals surface area (Å²) in [5.41, 5.74) is 0.825. The number of piperidine rings is 1. The predicted molar refractivity (Wildman–Crippen MR) is 82.7 cm³/mol. The van der Waals surface area contributed by atoms with Gasteiger partial charge in [0.1, 0.15) is 11.9 Å². The van der Waals surface area contributed by atoms with Gasteiger partial charge in [-0.3, -0.25) is 4.68 Å². The molecule has 0 aliphatic carbocycles. The van der Waals surface area contributed by atoms with Gasteiger partial charge in [0.05, 0.1) is 23.1 Å². The molecule has 0 saturated carbocycles. The van der Waals surface area contributed by atoms with E-state index >= 15 is 0 Å². The highest BCUT2D eigenvalue weighted by atomic mass is 79.9. The Morgan fingerprint density at radius 1 is 1.50 bits per heavy atom. The van der Waals surface area contributed by atoms with E-state index in [1.165, 1.54) is 0 Å². The van der Waals surface area contributed by atoms with E-state index in [1.54, 1.807) is 11.8 Å². The number of ether oxygens (including phenoxy) is 1. The predicted octanol–water partition coefficient (Wildman–Crippen LogP) is 3.10. The van der Waals surface area contributed by atoms with Crippen LogP contribution in [0.15, 0.2) is 22.8 Å². The van der Waals surface area contributed by atoms with Crippen LogP contribution < -0.4 is 10.1 Å². The number of methoxy groups -OCH3 is 1. The molecular weight excluding hydrogens is 349 g/mol. The van der Waals surface area contributed by atoms with E-state index in [-0.39, 0.29) is 18.4 Å². The van der Waals surface area contributed by atoms with E-state index in [9.17, 15) is 4.39 Å². The van der Waals surface area contributed by atoms with Gasteiger partial charge in [0.2, 0.25) is 0 Å². The number of hydrogen-bond acceptors (Lipinski definition) is 3. The summed E-state index contributed by atoms with van der Waals surface area (Å²) in [6, 6.07) is 3.63. The summed E-state index contributed by atoms with van der Waals surface area (Å²) in [5, 5.41) is 8.52. The lowest BCUT2D eigenvalue weighted by atomic mass is 10.1. The summed E-state index contributed by atoms with van der Waals surface area (Å²) in [6.07, 6.45) is 1.77. The first-order valence-corrected chi connectivity index (χ1v) is 7.05. The van der Waals surface area contributed by atoms with Crippen LogP contribution >= 0.6 is 28.3 Å². The number of benzene rings is 1. The Hall–Kier alpha value is -0.850. The maximum absolute atomic E-state index is 13.9. The summed E-state index contributed by atoms with van der Waals surface area (Å²) < 4.78 is 21.8. The lowest BCUT2D eigenvalue weighted by molar-refractivity contribution is 0.174. The largest absolute Gasteiger partial charge is 0.495 e. The highest BCUT2D eigenvalue weighted by molar-refractivity contribution is 9.10. The normalized spacial score (nSPS) is 22.6. The molecule has 110 valence electrons. The van der Waals surface area contributed by atoms with Crippen molar-refractivity contribution in [2.24, 2.45) is 0 Å². The SMILES string of the molecule is COc1cc2nn([C@H]3CCNC[C@@H]3F)cc2cc1Br.Cl. The third-order valence-electron chi connectivity index (χ3n) is 3.51. The molecule has 0 spiro atoms. The molecule has 1 aliphatic heterocycles. The number of alkyl halides is 1. The number of nitrogens with one attached hydrogen (secondary N) is 1. The van der Waals surface area contributed by atoms with Crippen LogP contribution in [0.5, 0.6) is 5.75 Å². The van der Waals surface area contributed by atoms with Crippen molar-refractivity contribution in [2.45, 2.75) is 18.6 Å². The molecule has 0 amide bonds. The van der Waals surface area contributed by atoms with Gasteiger partial charge in [-0.2, -0.15) is 5.10 Å². The van der Waals surface area contributed by atoms with Crippen LogP contribution in [0, 0.1) is 0 Å². The highest BCUT2D eigenvalue weighted by Crippen LogP contribution is 2.31. The molecule has 1 aromatic carbocycles. The van der Waals surface area contributed by atoms with Crippen LogP contribution in [0.25, 0.3) is 10.9 Å². The van der Waals surface area contributed by atoms with Crippen molar-refractivity contribution < 1.29 is 9.13 Å². The second kappa shape index (κ2) is 6.28. The molecule has 1 saturated heterocycles. The average Bonchev–Trinajstić information content (AvgIpc) is 2.80. The quantitative estimate of drug-likeness (QED) is 0.890. The second-order valence-corrected chi connectivity index (χ2v) is 5.59. The molecular formula is C13H16BrClFN3O.